The van der Waals surface area contributed by atoms with Crippen LogP contribution in [0.15, 0.2) is 29.2 Å². The average Bonchev–Trinajstić information content (AvgIpc) is 2.59. The van der Waals surface area contributed by atoms with Gasteiger partial charge in [0.25, 0.3) is 0 Å². The Bertz CT molecular complexity index is 848. The minimum absolute atomic E-state index is 0.251. The van der Waals surface area contributed by atoms with Crippen molar-refractivity contribution in [3.05, 3.63) is 29.3 Å². The summed E-state index contributed by atoms with van der Waals surface area (Å²) in [5, 5.41) is 7.56. The summed E-state index contributed by atoms with van der Waals surface area (Å²) in [5.41, 5.74) is -0.283. The Morgan fingerprint density at radius 1 is 1.37 bits per heavy atom. The number of benzene rings is 1. The fraction of sp³-hybridized carbons (Fsp3) is 0.611. The zero-order chi connectivity index (χ0) is 22.7. The van der Waals surface area contributed by atoms with Gasteiger partial charge in [-0.05, 0) is 51.1 Å². The van der Waals surface area contributed by atoms with Gasteiger partial charge in [-0.3, -0.25) is 0 Å². The molecule has 0 saturated carbocycles. The second-order valence-electron chi connectivity index (χ2n) is 7.69. The second-order valence-corrected chi connectivity index (χ2v) is 10.1. The number of alkyl halides is 3. The maximum Gasteiger partial charge on any atom is 0.490 e. The van der Waals surface area contributed by atoms with Gasteiger partial charge in [-0.1, -0.05) is 17.7 Å². The van der Waals surface area contributed by atoms with Crippen molar-refractivity contribution in [2.75, 3.05) is 40.3 Å². The lowest BCUT2D eigenvalue weighted by Crippen LogP contribution is -2.66. The van der Waals surface area contributed by atoms with Crippen molar-refractivity contribution in [2.45, 2.75) is 29.5 Å². The molecule has 0 bridgehead atoms. The van der Waals surface area contributed by atoms with E-state index in [0.29, 0.717) is 30.6 Å². The Hall–Kier alpha value is -1.40. The Morgan fingerprint density at radius 3 is 2.40 bits per heavy atom. The first-order valence-corrected chi connectivity index (χ1v) is 10.9. The fourth-order valence-electron chi connectivity index (χ4n) is 3.37. The third kappa shape index (κ3) is 6.30. The number of halogens is 4. The summed E-state index contributed by atoms with van der Waals surface area (Å²) >= 11 is 5.90. The molecule has 2 aliphatic heterocycles. The number of nitrogens with zero attached hydrogens (tertiary/aromatic N) is 2. The molecule has 0 radical (unpaired) electrons. The number of ether oxygens (including phenoxy) is 1. The molecule has 0 aliphatic carbocycles. The van der Waals surface area contributed by atoms with Gasteiger partial charge in [-0.15, -0.1) is 0 Å². The van der Waals surface area contributed by atoms with Crippen molar-refractivity contribution < 1.29 is 36.2 Å². The maximum absolute atomic E-state index is 12.6. The van der Waals surface area contributed by atoms with Gasteiger partial charge in [0, 0.05) is 24.7 Å². The number of hydrogen-bond acceptors (Lipinski definition) is 5. The van der Waals surface area contributed by atoms with Gasteiger partial charge in [-0.25, -0.2) is 13.2 Å². The summed E-state index contributed by atoms with van der Waals surface area (Å²) in [6, 6.07) is 6.42. The van der Waals surface area contributed by atoms with Gasteiger partial charge in [0.05, 0.1) is 17.1 Å². The van der Waals surface area contributed by atoms with E-state index in [1.807, 2.05) is 0 Å². The molecule has 12 heteroatoms. The lowest BCUT2D eigenvalue weighted by atomic mass is 9.84. The van der Waals surface area contributed by atoms with E-state index < -0.39 is 22.2 Å². The topological polar surface area (TPSA) is 87.2 Å². The zero-order valence-corrected chi connectivity index (χ0v) is 18.1. The molecular weight excluding hydrogens is 449 g/mol. The first-order valence-electron chi connectivity index (χ1n) is 9.10. The number of aliphatic carboxylic acids is 1. The van der Waals surface area contributed by atoms with Crippen LogP contribution in [0.2, 0.25) is 5.02 Å². The fourth-order valence-corrected chi connectivity index (χ4v) is 5.26. The van der Waals surface area contributed by atoms with Gasteiger partial charge in [0.15, 0.2) is 0 Å². The third-order valence-electron chi connectivity index (χ3n) is 4.86. The van der Waals surface area contributed by atoms with Crippen molar-refractivity contribution in [1.29, 1.82) is 0 Å². The Morgan fingerprint density at radius 2 is 1.97 bits per heavy atom. The smallest absolute Gasteiger partial charge is 0.475 e. The van der Waals surface area contributed by atoms with Crippen molar-refractivity contribution in [3.8, 4) is 0 Å². The molecule has 2 heterocycles. The minimum Gasteiger partial charge on any atom is -0.475 e. The van der Waals surface area contributed by atoms with Gasteiger partial charge < -0.3 is 14.7 Å². The number of carboxylic acids is 1. The summed E-state index contributed by atoms with van der Waals surface area (Å²) < 4.78 is 64.5. The summed E-state index contributed by atoms with van der Waals surface area (Å²) in [6.07, 6.45) is -3.07. The number of carbonyl (C=O) groups is 1. The Balaban J connectivity index is 0.000000396. The van der Waals surface area contributed by atoms with Crippen LogP contribution in [0.4, 0.5) is 13.2 Å². The zero-order valence-electron chi connectivity index (χ0n) is 16.5. The normalized spacial score (nSPS) is 21.6. The molecule has 3 rings (SSSR count). The average molecular weight is 473 g/mol. The van der Waals surface area contributed by atoms with Crippen molar-refractivity contribution in [3.63, 3.8) is 0 Å². The van der Waals surface area contributed by atoms with Gasteiger partial charge >= 0.3 is 12.1 Å². The van der Waals surface area contributed by atoms with Crippen LogP contribution in [0.3, 0.4) is 0 Å². The van der Waals surface area contributed by atoms with Crippen LogP contribution >= 0.6 is 11.6 Å². The molecule has 1 atom stereocenters. The van der Waals surface area contributed by atoms with Crippen LogP contribution in [0.5, 0.6) is 0 Å². The number of carboxylic acid groups (broad SMARTS) is 1. The molecule has 1 aromatic rings. The molecule has 1 spiro atoms. The van der Waals surface area contributed by atoms with E-state index in [9.17, 15) is 21.6 Å². The predicted molar refractivity (Wildman–Crippen MR) is 104 cm³/mol. The highest BCUT2D eigenvalue weighted by Crippen LogP contribution is 2.39. The molecule has 2 fully saturated rings. The predicted octanol–water partition coefficient (Wildman–Crippen LogP) is 2.70. The SMILES string of the molecule is CN(C)CC1CCC2(CN(S(=O)(=O)c3cccc(Cl)c3)C2)OC1.O=C(O)C(F)(F)F. The highest BCUT2D eigenvalue weighted by molar-refractivity contribution is 7.89. The van der Waals surface area contributed by atoms with E-state index >= 15 is 0 Å². The number of sulfonamides is 1. The number of hydrogen-bond donors (Lipinski definition) is 1. The molecule has 0 amide bonds. The van der Waals surface area contributed by atoms with Gasteiger partial charge in [-0.2, -0.15) is 17.5 Å². The largest absolute Gasteiger partial charge is 0.490 e. The first kappa shape index (κ1) is 24.9. The van der Waals surface area contributed by atoms with Crippen LogP contribution in [-0.4, -0.2) is 80.8 Å². The first-order chi connectivity index (χ1) is 13.7. The molecule has 30 heavy (non-hydrogen) atoms. The van der Waals surface area contributed by atoms with Crippen LogP contribution in [0, 0.1) is 5.92 Å². The standard InChI is InChI=1S/C16H23ClN2O3S.C2HF3O2/c1-18(2)9-13-6-7-16(22-10-13)11-19(12-16)23(20,21)15-5-3-4-14(17)8-15;3-2(4,5)1(6)7/h3-5,8,13H,6-7,9-12H2,1-2H3;(H,6,7). The molecule has 2 aliphatic rings. The lowest BCUT2D eigenvalue weighted by Gasteiger charge is -2.52. The monoisotopic (exact) mass is 472 g/mol. The molecule has 2 saturated heterocycles. The van der Waals surface area contributed by atoms with Gasteiger partial charge in [0.2, 0.25) is 10.0 Å². The highest BCUT2D eigenvalue weighted by Gasteiger charge is 2.51. The van der Waals surface area contributed by atoms with Crippen LogP contribution < -0.4 is 0 Å². The Kier molecular flexibility index (Phi) is 7.78. The molecular formula is C18H24ClF3N2O5S. The minimum atomic E-state index is -5.08. The summed E-state index contributed by atoms with van der Waals surface area (Å²) in [6.45, 7) is 2.61. The van der Waals surface area contributed by atoms with Crippen molar-refractivity contribution in [1.82, 2.24) is 9.21 Å². The number of rotatable bonds is 4. The molecule has 7 nitrogen and oxygen atoms in total. The second kappa shape index (κ2) is 9.39. The van der Waals surface area contributed by atoms with Crippen LogP contribution in [-0.2, 0) is 19.6 Å². The van der Waals surface area contributed by atoms with E-state index in [-0.39, 0.29) is 10.5 Å². The highest BCUT2D eigenvalue weighted by atomic mass is 35.5. The van der Waals surface area contributed by atoms with E-state index in [1.165, 1.54) is 10.4 Å². The van der Waals surface area contributed by atoms with Crippen LogP contribution in [0.25, 0.3) is 0 Å². The quantitative estimate of drug-likeness (QED) is 0.725. The third-order valence-corrected chi connectivity index (χ3v) is 6.88. The van der Waals surface area contributed by atoms with E-state index in [2.05, 4.69) is 19.0 Å². The van der Waals surface area contributed by atoms with E-state index in [0.717, 1.165) is 19.4 Å². The maximum atomic E-state index is 12.6. The van der Waals surface area contributed by atoms with Crippen LogP contribution in [0.1, 0.15) is 12.8 Å². The lowest BCUT2D eigenvalue weighted by molar-refractivity contribution is -0.192. The Labute approximate surface area is 178 Å². The summed E-state index contributed by atoms with van der Waals surface area (Å²) in [7, 11) is 0.653. The summed E-state index contributed by atoms with van der Waals surface area (Å²) in [4.78, 5) is 11.3. The molecule has 1 unspecified atom stereocenters. The van der Waals surface area contributed by atoms with E-state index in [4.69, 9.17) is 26.2 Å². The molecule has 0 aromatic heterocycles. The summed E-state index contributed by atoms with van der Waals surface area (Å²) in [5.74, 6) is -2.22. The van der Waals surface area contributed by atoms with Crippen molar-refractivity contribution in [2.24, 2.45) is 5.92 Å². The molecule has 1 N–H and O–H groups in total. The van der Waals surface area contributed by atoms with E-state index in [1.54, 1.807) is 18.2 Å². The van der Waals surface area contributed by atoms with Crippen molar-refractivity contribution >= 4 is 27.6 Å². The van der Waals surface area contributed by atoms with Gasteiger partial charge in [0.1, 0.15) is 0 Å². The molecule has 170 valence electrons. The molecule has 1 aromatic carbocycles.